The molecule has 1 amide bonds. The maximum atomic E-state index is 12.1. The predicted octanol–water partition coefficient (Wildman–Crippen LogP) is 4.53. The number of anilines is 1. The van der Waals surface area contributed by atoms with Crippen LogP contribution in [0.4, 0.5) is 5.82 Å². The topological polar surface area (TPSA) is 77.2 Å². The molecule has 3 rings (SSSR count). The van der Waals surface area contributed by atoms with Gasteiger partial charge in [-0.2, -0.15) is 0 Å². The van der Waals surface area contributed by atoms with Crippen LogP contribution in [0.25, 0.3) is 11.3 Å². The quantitative estimate of drug-likeness (QED) is 0.688. The summed E-state index contributed by atoms with van der Waals surface area (Å²) in [4.78, 5) is 12.1. The highest BCUT2D eigenvalue weighted by atomic mass is 35.5. The van der Waals surface area contributed by atoms with Crippen molar-refractivity contribution in [2.24, 2.45) is 0 Å². The highest BCUT2D eigenvalue weighted by molar-refractivity contribution is 6.30. The van der Waals surface area contributed by atoms with Crippen molar-refractivity contribution in [2.45, 2.75) is 19.8 Å². The maximum absolute atomic E-state index is 12.1. The van der Waals surface area contributed by atoms with Crippen LogP contribution in [0.15, 0.2) is 53.2 Å². The molecule has 0 aliphatic carbocycles. The molecule has 1 heterocycles. The summed E-state index contributed by atoms with van der Waals surface area (Å²) in [6.45, 7) is 4.09. The Morgan fingerprint density at radius 2 is 1.81 bits per heavy atom. The van der Waals surface area contributed by atoms with Crippen molar-refractivity contribution >= 4 is 23.3 Å². The molecule has 3 aromatic rings. The molecule has 0 saturated carbocycles. The molecular weight excluding hydrogens is 354 g/mol. The first-order valence-electron chi connectivity index (χ1n) is 8.14. The Kier molecular flexibility index (Phi) is 5.53. The zero-order valence-electron chi connectivity index (χ0n) is 14.4. The van der Waals surface area contributed by atoms with Crippen molar-refractivity contribution in [3.8, 4) is 17.0 Å². The Morgan fingerprint density at radius 3 is 2.46 bits per heavy atom. The highest BCUT2D eigenvalue weighted by Crippen LogP contribution is 2.25. The van der Waals surface area contributed by atoms with Crippen LogP contribution in [-0.4, -0.2) is 22.8 Å². The smallest absolute Gasteiger partial charge is 0.263 e. The average molecular weight is 372 g/mol. The molecule has 0 atom stereocenters. The maximum Gasteiger partial charge on any atom is 0.263 e. The Hall–Kier alpha value is -2.86. The number of halogens is 1. The molecule has 0 spiro atoms. The van der Waals surface area contributed by atoms with Gasteiger partial charge in [0.05, 0.1) is 0 Å². The molecule has 1 N–H and O–H groups in total. The molecule has 6 nitrogen and oxygen atoms in total. The largest absolute Gasteiger partial charge is 0.484 e. The molecule has 26 heavy (non-hydrogen) atoms. The zero-order valence-corrected chi connectivity index (χ0v) is 15.2. The molecule has 7 heteroatoms. The van der Waals surface area contributed by atoms with E-state index in [4.69, 9.17) is 21.0 Å². The summed E-state index contributed by atoms with van der Waals surface area (Å²) in [5.74, 6) is 0.944. The van der Waals surface area contributed by atoms with Crippen LogP contribution in [0, 0.1) is 0 Å². The van der Waals surface area contributed by atoms with E-state index >= 15 is 0 Å². The monoisotopic (exact) mass is 371 g/mol. The molecule has 0 radical (unpaired) electrons. The Bertz CT molecular complexity index is 874. The van der Waals surface area contributed by atoms with Crippen LogP contribution >= 0.6 is 11.6 Å². The number of ether oxygens (including phenoxy) is 1. The highest BCUT2D eigenvalue weighted by Gasteiger charge is 2.15. The van der Waals surface area contributed by atoms with Gasteiger partial charge in [-0.3, -0.25) is 4.79 Å². The summed E-state index contributed by atoms with van der Waals surface area (Å²) in [6.07, 6.45) is 0. The van der Waals surface area contributed by atoms with E-state index in [0.717, 1.165) is 5.56 Å². The fraction of sp³-hybridized carbons (Fsp3) is 0.211. The molecule has 1 aromatic heterocycles. The van der Waals surface area contributed by atoms with Crippen LogP contribution in [-0.2, 0) is 4.79 Å². The number of carbonyl (C=O) groups excluding carboxylic acids is 1. The molecule has 0 aliphatic rings. The van der Waals surface area contributed by atoms with Gasteiger partial charge >= 0.3 is 0 Å². The Labute approximate surface area is 156 Å². The first kappa shape index (κ1) is 17.9. The minimum Gasteiger partial charge on any atom is -0.484 e. The lowest BCUT2D eigenvalue weighted by Gasteiger charge is -2.09. The van der Waals surface area contributed by atoms with Gasteiger partial charge < -0.3 is 10.1 Å². The fourth-order valence-electron chi connectivity index (χ4n) is 2.33. The van der Waals surface area contributed by atoms with E-state index in [9.17, 15) is 4.79 Å². The van der Waals surface area contributed by atoms with E-state index in [1.54, 1.807) is 24.3 Å². The van der Waals surface area contributed by atoms with Gasteiger partial charge in [-0.15, -0.1) is 0 Å². The van der Waals surface area contributed by atoms with Gasteiger partial charge in [0.1, 0.15) is 5.75 Å². The van der Waals surface area contributed by atoms with Crippen molar-refractivity contribution in [3.63, 3.8) is 0 Å². The lowest BCUT2D eigenvalue weighted by molar-refractivity contribution is -0.118. The van der Waals surface area contributed by atoms with E-state index in [2.05, 4.69) is 29.5 Å². The number of amides is 1. The minimum absolute atomic E-state index is 0.145. The molecular formula is C19H18ClN3O3. The normalized spacial score (nSPS) is 10.8. The number of nitrogens with zero attached hydrogens (tertiary/aromatic N) is 2. The number of nitrogens with one attached hydrogen (secondary N) is 1. The second-order valence-corrected chi connectivity index (χ2v) is 6.47. The van der Waals surface area contributed by atoms with Crippen molar-refractivity contribution in [3.05, 3.63) is 59.1 Å². The summed E-state index contributed by atoms with van der Waals surface area (Å²) < 4.78 is 10.2. The fourth-order valence-corrected chi connectivity index (χ4v) is 2.46. The molecule has 0 saturated heterocycles. The van der Waals surface area contributed by atoms with Gasteiger partial charge in [0.2, 0.25) is 5.82 Å². The van der Waals surface area contributed by atoms with Crippen LogP contribution in [0.1, 0.15) is 25.3 Å². The zero-order chi connectivity index (χ0) is 18.5. The van der Waals surface area contributed by atoms with Crippen LogP contribution in [0.3, 0.4) is 0 Å². The number of rotatable bonds is 6. The Morgan fingerprint density at radius 1 is 1.12 bits per heavy atom. The molecule has 134 valence electrons. The second-order valence-electron chi connectivity index (χ2n) is 6.03. The summed E-state index contributed by atoms with van der Waals surface area (Å²) in [7, 11) is 0. The van der Waals surface area contributed by atoms with Crippen LogP contribution < -0.4 is 10.1 Å². The van der Waals surface area contributed by atoms with Gasteiger partial charge in [0.25, 0.3) is 5.91 Å². The summed E-state index contributed by atoms with van der Waals surface area (Å²) in [6, 6.07) is 14.6. The van der Waals surface area contributed by atoms with Crippen molar-refractivity contribution in [1.29, 1.82) is 0 Å². The van der Waals surface area contributed by atoms with Gasteiger partial charge in [0, 0.05) is 10.6 Å². The minimum atomic E-state index is -0.358. The van der Waals surface area contributed by atoms with E-state index in [1.807, 2.05) is 24.3 Å². The van der Waals surface area contributed by atoms with Gasteiger partial charge in [-0.1, -0.05) is 49.7 Å². The van der Waals surface area contributed by atoms with Gasteiger partial charge in [0.15, 0.2) is 12.3 Å². The second kappa shape index (κ2) is 8.01. The van der Waals surface area contributed by atoms with Crippen LogP contribution in [0.2, 0.25) is 5.02 Å². The van der Waals surface area contributed by atoms with Crippen molar-refractivity contribution in [2.75, 3.05) is 11.9 Å². The third-order valence-corrected chi connectivity index (χ3v) is 4.03. The van der Waals surface area contributed by atoms with E-state index in [-0.39, 0.29) is 18.3 Å². The Balaban J connectivity index is 1.60. The number of hydrogen-bond acceptors (Lipinski definition) is 5. The summed E-state index contributed by atoms with van der Waals surface area (Å²) in [5, 5.41) is 10.8. The summed E-state index contributed by atoms with van der Waals surface area (Å²) >= 11 is 5.88. The van der Waals surface area contributed by atoms with E-state index in [1.165, 1.54) is 5.56 Å². The SMILES string of the molecule is CC(C)c1ccc(OCC(=O)Nc2nonc2-c2ccc(Cl)cc2)cc1. The molecule has 2 aromatic carbocycles. The molecule has 0 bridgehead atoms. The molecule has 0 aliphatic heterocycles. The third-order valence-electron chi connectivity index (χ3n) is 3.78. The first-order chi connectivity index (χ1) is 12.5. The van der Waals surface area contributed by atoms with Crippen LogP contribution in [0.5, 0.6) is 5.75 Å². The van der Waals surface area contributed by atoms with Gasteiger partial charge in [-0.05, 0) is 46.1 Å². The van der Waals surface area contributed by atoms with Gasteiger partial charge in [-0.25, -0.2) is 4.63 Å². The standard InChI is InChI=1S/C19H18ClN3O3/c1-12(2)13-5-9-16(10-6-13)25-11-17(24)21-19-18(22-26-23-19)14-3-7-15(20)8-4-14/h3-10,12H,11H2,1-2H3,(H,21,23,24). The third kappa shape index (κ3) is 4.40. The van der Waals surface area contributed by atoms with E-state index in [0.29, 0.717) is 22.4 Å². The first-order valence-corrected chi connectivity index (χ1v) is 8.52. The lowest BCUT2D eigenvalue weighted by Crippen LogP contribution is -2.20. The molecule has 0 fully saturated rings. The summed E-state index contributed by atoms with van der Waals surface area (Å²) in [5.41, 5.74) is 2.37. The number of carbonyl (C=O) groups is 1. The molecule has 0 unspecified atom stereocenters. The number of aromatic nitrogens is 2. The number of benzene rings is 2. The van der Waals surface area contributed by atoms with E-state index < -0.39 is 0 Å². The number of hydrogen-bond donors (Lipinski definition) is 1. The van der Waals surface area contributed by atoms with Crippen molar-refractivity contribution < 1.29 is 14.2 Å². The van der Waals surface area contributed by atoms with Crippen molar-refractivity contribution in [1.82, 2.24) is 10.3 Å². The lowest BCUT2D eigenvalue weighted by atomic mass is 10.0. The average Bonchev–Trinajstić information content (AvgIpc) is 3.09. The predicted molar refractivity (Wildman–Crippen MR) is 99.4 cm³/mol.